The summed E-state index contributed by atoms with van der Waals surface area (Å²) in [5.41, 5.74) is 0.728. The highest BCUT2D eigenvalue weighted by Gasteiger charge is 2.59. The van der Waals surface area contributed by atoms with Crippen molar-refractivity contribution in [3.8, 4) is 0 Å². The van der Waals surface area contributed by atoms with Crippen LogP contribution >= 0.6 is 0 Å². The molecule has 3 fully saturated rings. The minimum atomic E-state index is 0.283. The van der Waals surface area contributed by atoms with Gasteiger partial charge in [0.05, 0.1) is 6.54 Å². The van der Waals surface area contributed by atoms with Crippen LogP contribution in [0.15, 0.2) is 0 Å². The fourth-order valence-corrected chi connectivity index (χ4v) is 5.17. The van der Waals surface area contributed by atoms with Crippen molar-refractivity contribution in [3.63, 3.8) is 0 Å². The third-order valence-electron chi connectivity index (χ3n) is 6.58. The maximum atomic E-state index is 12.4. The van der Waals surface area contributed by atoms with Gasteiger partial charge in [-0.1, -0.05) is 20.8 Å². The molecule has 1 aliphatic heterocycles. The molecule has 3 aliphatic rings. The van der Waals surface area contributed by atoms with E-state index in [1.807, 2.05) is 4.90 Å². The summed E-state index contributed by atoms with van der Waals surface area (Å²) in [4.78, 5) is 16.7. The van der Waals surface area contributed by atoms with E-state index in [0.29, 0.717) is 23.4 Å². The summed E-state index contributed by atoms with van der Waals surface area (Å²) in [5, 5.41) is 3.65. The molecular weight excluding hydrogens is 262 g/mol. The zero-order chi connectivity index (χ0) is 15.3. The van der Waals surface area contributed by atoms with Crippen LogP contribution in [0.3, 0.4) is 0 Å². The summed E-state index contributed by atoms with van der Waals surface area (Å²) >= 11 is 0. The fourth-order valence-electron chi connectivity index (χ4n) is 5.17. The van der Waals surface area contributed by atoms with Gasteiger partial charge in [0.25, 0.3) is 0 Å². The fraction of sp³-hybridized carbons (Fsp3) is 0.941. The zero-order valence-electron chi connectivity index (χ0n) is 14.1. The van der Waals surface area contributed by atoms with E-state index in [-0.39, 0.29) is 5.91 Å². The van der Waals surface area contributed by atoms with E-state index < -0.39 is 0 Å². The Balaban J connectivity index is 1.56. The van der Waals surface area contributed by atoms with Crippen LogP contribution in [0.1, 0.15) is 40.0 Å². The number of nitrogens with one attached hydrogen (secondary N) is 1. The van der Waals surface area contributed by atoms with Crippen LogP contribution in [-0.2, 0) is 4.79 Å². The molecule has 2 aliphatic carbocycles. The molecule has 1 amide bonds. The third kappa shape index (κ3) is 2.61. The lowest BCUT2D eigenvalue weighted by atomic mass is 9.68. The highest BCUT2D eigenvalue weighted by atomic mass is 16.2. The number of rotatable bonds is 3. The molecular formula is C17H31N3O. The number of carbonyl (C=O) groups excluding carboxylic acids is 1. The van der Waals surface area contributed by atoms with E-state index >= 15 is 0 Å². The van der Waals surface area contributed by atoms with E-state index in [9.17, 15) is 4.79 Å². The van der Waals surface area contributed by atoms with E-state index in [1.54, 1.807) is 0 Å². The van der Waals surface area contributed by atoms with Crippen LogP contribution in [0.25, 0.3) is 0 Å². The summed E-state index contributed by atoms with van der Waals surface area (Å²) in [7, 11) is 2.12. The molecule has 21 heavy (non-hydrogen) atoms. The summed E-state index contributed by atoms with van der Waals surface area (Å²) < 4.78 is 0. The van der Waals surface area contributed by atoms with Gasteiger partial charge in [-0.25, -0.2) is 0 Å². The first-order chi connectivity index (χ1) is 9.83. The molecule has 4 heteroatoms. The largest absolute Gasteiger partial charge is 0.339 e. The molecule has 120 valence electrons. The summed E-state index contributed by atoms with van der Waals surface area (Å²) in [6.45, 7) is 11.5. The number of amides is 1. The second-order valence-corrected chi connectivity index (χ2v) is 8.41. The Morgan fingerprint density at radius 1 is 1.19 bits per heavy atom. The third-order valence-corrected chi connectivity index (χ3v) is 6.58. The highest BCUT2D eigenvalue weighted by molar-refractivity contribution is 5.78. The quantitative estimate of drug-likeness (QED) is 0.858. The molecule has 4 nitrogen and oxygen atoms in total. The Morgan fingerprint density at radius 3 is 2.43 bits per heavy atom. The van der Waals surface area contributed by atoms with Gasteiger partial charge in [0.1, 0.15) is 0 Å². The smallest absolute Gasteiger partial charge is 0.236 e. The van der Waals surface area contributed by atoms with Gasteiger partial charge in [-0.3, -0.25) is 4.79 Å². The molecule has 3 atom stereocenters. The maximum Gasteiger partial charge on any atom is 0.236 e. The first kappa shape index (κ1) is 15.3. The molecule has 0 spiro atoms. The number of carbonyl (C=O) groups is 1. The van der Waals surface area contributed by atoms with Crippen molar-refractivity contribution in [1.82, 2.24) is 15.1 Å². The average Bonchev–Trinajstić information content (AvgIpc) is 2.90. The first-order valence-electron chi connectivity index (χ1n) is 8.53. The van der Waals surface area contributed by atoms with E-state index in [2.05, 4.69) is 38.0 Å². The van der Waals surface area contributed by atoms with Gasteiger partial charge in [-0.05, 0) is 43.1 Å². The highest BCUT2D eigenvalue weighted by Crippen LogP contribution is 2.62. The topological polar surface area (TPSA) is 35.6 Å². The Labute approximate surface area is 129 Å². The van der Waals surface area contributed by atoms with Crippen LogP contribution in [0.5, 0.6) is 0 Å². The van der Waals surface area contributed by atoms with Gasteiger partial charge in [0, 0.05) is 32.2 Å². The predicted octanol–water partition coefficient (Wildman–Crippen LogP) is 1.56. The normalized spacial score (nSPS) is 39.0. The Hall–Kier alpha value is -0.610. The van der Waals surface area contributed by atoms with Crippen LogP contribution in [0.2, 0.25) is 0 Å². The van der Waals surface area contributed by atoms with E-state index in [4.69, 9.17) is 0 Å². The molecule has 1 saturated heterocycles. The van der Waals surface area contributed by atoms with Crippen molar-refractivity contribution in [3.05, 3.63) is 0 Å². The van der Waals surface area contributed by atoms with Gasteiger partial charge < -0.3 is 15.1 Å². The summed E-state index contributed by atoms with van der Waals surface area (Å²) in [6, 6.07) is 0.486. The van der Waals surface area contributed by atoms with E-state index in [1.165, 1.54) is 19.3 Å². The second kappa shape index (κ2) is 5.24. The first-order valence-corrected chi connectivity index (χ1v) is 8.53. The van der Waals surface area contributed by atoms with Crippen molar-refractivity contribution in [2.75, 3.05) is 39.8 Å². The summed E-state index contributed by atoms with van der Waals surface area (Å²) in [6.07, 6.45) is 4.02. The average molecular weight is 293 g/mol. The zero-order valence-corrected chi connectivity index (χ0v) is 14.1. The lowest BCUT2D eigenvalue weighted by Gasteiger charge is -2.43. The lowest BCUT2D eigenvalue weighted by Crippen LogP contribution is -2.55. The standard InChI is InChI=1S/C17H31N3O/c1-16(2)13-5-6-17(3,11-13)15(16)18-12-14(21)20-9-7-19(4)8-10-20/h13,15,18H,5-12H2,1-4H3. The molecule has 2 bridgehead atoms. The van der Waals surface area contributed by atoms with Crippen molar-refractivity contribution in [2.24, 2.45) is 16.7 Å². The number of hydrogen-bond acceptors (Lipinski definition) is 3. The van der Waals surface area contributed by atoms with Crippen LogP contribution < -0.4 is 5.32 Å². The number of likely N-dealkylation sites (N-methyl/N-ethyl adjacent to an activating group) is 1. The Bertz CT molecular complexity index is 410. The van der Waals surface area contributed by atoms with Gasteiger partial charge in [-0.2, -0.15) is 0 Å². The number of nitrogens with zero attached hydrogens (tertiary/aromatic N) is 2. The Morgan fingerprint density at radius 2 is 1.86 bits per heavy atom. The number of hydrogen-bond donors (Lipinski definition) is 1. The molecule has 2 saturated carbocycles. The van der Waals surface area contributed by atoms with Gasteiger partial charge in [0.2, 0.25) is 5.91 Å². The molecule has 1 N–H and O–H groups in total. The van der Waals surface area contributed by atoms with Crippen molar-refractivity contribution < 1.29 is 4.79 Å². The molecule has 3 unspecified atom stereocenters. The molecule has 0 aromatic rings. The summed E-state index contributed by atoms with van der Waals surface area (Å²) in [5.74, 6) is 1.11. The van der Waals surface area contributed by atoms with Gasteiger partial charge in [-0.15, -0.1) is 0 Å². The molecule has 3 rings (SSSR count). The number of piperazine rings is 1. The molecule has 0 aromatic heterocycles. The minimum Gasteiger partial charge on any atom is -0.339 e. The molecule has 1 heterocycles. The van der Waals surface area contributed by atoms with Crippen LogP contribution in [0, 0.1) is 16.7 Å². The lowest BCUT2D eigenvalue weighted by molar-refractivity contribution is -0.132. The minimum absolute atomic E-state index is 0.283. The van der Waals surface area contributed by atoms with E-state index in [0.717, 1.165) is 32.1 Å². The van der Waals surface area contributed by atoms with Crippen LogP contribution in [-0.4, -0.2) is 61.5 Å². The predicted molar refractivity (Wildman–Crippen MR) is 85.1 cm³/mol. The Kier molecular flexibility index (Phi) is 3.81. The SMILES string of the molecule is CN1CCN(C(=O)CNC2C3(C)CCC(C3)C2(C)C)CC1. The van der Waals surface area contributed by atoms with Crippen molar-refractivity contribution >= 4 is 5.91 Å². The second-order valence-electron chi connectivity index (χ2n) is 8.41. The van der Waals surface area contributed by atoms with Crippen molar-refractivity contribution in [1.29, 1.82) is 0 Å². The van der Waals surface area contributed by atoms with Crippen LogP contribution in [0.4, 0.5) is 0 Å². The van der Waals surface area contributed by atoms with Gasteiger partial charge >= 0.3 is 0 Å². The number of fused-ring (bicyclic) bond motifs is 2. The monoisotopic (exact) mass is 293 g/mol. The molecule has 0 radical (unpaired) electrons. The van der Waals surface area contributed by atoms with Gasteiger partial charge in [0.15, 0.2) is 0 Å². The maximum absolute atomic E-state index is 12.4. The van der Waals surface area contributed by atoms with Crippen molar-refractivity contribution in [2.45, 2.75) is 46.1 Å². The molecule has 0 aromatic carbocycles.